The van der Waals surface area contributed by atoms with E-state index in [1.165, 1.54) is 22.3 Å². The van der Waals surface area contributed by atoms with Crippen LogP contribution in [0.4, 0.5) is 0 Å². The molecule has 3 heterocycles. The summed E-state index contributed by atoms with van der Waals surface area (Å²) in [5.41, 5.74) is 7.85. The molecular formula is C32H40BrN7O. The van der Waals surface area contributed by atoms with Crippen LogP contribution in [0.1, 0.15) is 76.5 Å². The number of carbonyl (C=O) groups excluding carboxylic acids is 1. The van der Waals surface area contributed by atoms with Gasteiger partial charge in [-0.05, 0) is 71.2 Å². The fourth-order valence-electron chi connectivity index (χ4n) is 5.64. The lowest BCUT2D eigenvalue weighted by Gasteiger charge is -2.43. The van der Waals surface area contributed by atoms with E-state index in [1.807, 2.05) is 28.1 Å². The summed E-state index contributed by atoms with van der Waals surface area (Å²) in [7, 11) is 0. The molecule has 2 aromatic carbocycles. The average molecular weight is 619 g/mol. The highest BCUT2D eigenvalue weighted by atomic mass is 79.9. The minimum atomic E-state index is -0.312. The van der Waals surface area contributed by atoms with Gasteiger partial charge >= 0.3 is 0 Å². The first kappa shape index (κ1) is 29.2. The van der Waals surface area contributed by atoms with Crippen LogP contribution in [0.25, 0.3) is 0 Å². The summed E-state index contributed by atoms with van der Waals surface area (Å²) >= 11 is 3.59. The monoisotopic (exact) mass is 617 g/mol. The van der Waals surface area contributed by atoms with Gasteiger partial charge in [-0.1, -0.05) is 63.1 Å². The summed E-state index contributed by atoms with van der Waals surface area (Å²) in [6.07, 6.45) is 2.06. The summed E-state index contributed by atoms with van der Waals surface area (Å²) in [4.78, 5) is 18.0. The number of hydrogen-bond acceptors (Lipinski definition) is 5. The molecule has 216 valence electrons. The number of halogens is 1. The second kappa shape index (κ2) is 11.5. The topological polar surface area (TPSA) is 72.1 Å². The van der Waals surface area contributed by atoms with Gasteiger partial charge in [-0.2, -0.15) is 5.10 Å². The Bertz CT molecular complexity index is 1540. The first-order valence-corrected chi connectivity index (χ1v) is 15.1. The fraction of sp³-hybridized carbons (Fsp3) is 0.438. The van der Waals surface area contributed by atoms with E-state index >= 15 is 0 Å². The Hall–Kier alpha value is -3.30. The predicted molar refractivity (Wildman–Crippen MR) is 165 cm³/mol. The highest BCUT2D eigenvalue weighted by molar-refractivity contribution is 9.10. The Morgan fingerprint density at radius 1 is 1.00 bits per heavy atom. The van der Waals surface area contributed by atoms with Crippen LogP contribution in [0, 0.1) is 27.7 Å². The number of benzene rings is 2. The molecular weight excluding hydrogens is 578 g/mol. The van der Waals surface area contributed by atoms with Crippen LogP contribution in [-0.4, -0.2) is 66.7 Å². The molecule has 1 fully saturated rings. The molecule has 0 unspecified atom stereocenters. The molecule has 0 spiro atoms. The number of carbonyl (C=O) groups is 1. The summed E-state index contributed by atoms with van der Waals surface area (Å²) in [5, 5.41) is 13.8. The van der Waals surface area contributed by atoms with Crippen LogP contribution >= 0.6 is 15.9 Å². The molecule has 1 saturated heterocycles. The van der Waals surface area contributed by atoms with E-state index in [0.717, 1.165) is 40.2 Å². The van der Waals surface area contributed by atoms with Gasteiger partial charge in [0, 0.05) is 36.3 Å². The van der Waals surface area contributed by atoms with Gasteiger partial charge in [-0.15, -0.1) is 5.10 Å². The second-order valence-electron chi connectivity index (χ2n) is 11.8. The molecule has 1 atom stereocenters. The van der Waals surface area contributed by atoms with Crippen LogP contribution in [0.15, 0.2) is 53.1 Å². The minimum absolute atomic E-state index is 0.0668. The molecule has 41 heavy (non-hydrogen) atoms. The van der Waals surface area contributed by atoms with Crippen molar-refractivity contribution in [1.82, 2.24) is 34.6 Å². The maximum Gasteiger partial charge on any atom is 0.257 e. The highest BCUT2D eigenvalue weighted by Crippen LogP contribution is 2.30. The standard InChI is InChI=1S/C32H40BrN7O/c1-21-8-10-26(11-9-21)19-39-25(5)30(23(3)35-39)31(41)37-14-16-38(17-15-37)32(6,7)29-20-40(36-34-29)24(4)27-12-13-28(33)22(2)18-27/h8-13,18,20,24H,14-17,19H2,1-7H3/t24-/m0/s1. The summed E-state index contributed by atoms with van der Waals surface area (Å²) in [6.45, 7) is 18.2. The van der Waals surface area contributed by atoms with Gasteiger partial charge in [0.25, 0.3) is 5.91 Å². The Balaban J connectivity index is 1.24. The number of nitrogens with zero attached hydrogens (tertiary/aromatic N) is 7. The molecule has 0 bridgehead atoms. The smallest absolute Gasteiger partial charge is 0.257 e. The van der Waals surface area contributed by atoms with Crippen LogP contribution in [0.2, 0.25) is 0 Å². The van der Waals surface area contributed by atoms with Crippen LogP contribution in [0.3, 0.4) is 0 Å². The van der Waals surface area contributed by atoms with Gasteiger partial charge in [-0.25, -0.2) is 4.68 Å². The highest BCUT2D eigenvalue weighted by Gasteiger charge is 2.36. The number of amides is 1. The van der Waals surface area contributed by atoms with Crippen molar-refractivity contribution in [3.05, 3.63) is 98.0 Å². The Labute approximate surface area is 251 Å². The maximum absolute atomic E-state index is 13.7. The zero-order chi connectivity index (χ0) is 29.5. The SMILES string of the molecule is Cc1ccc(Cn2nc(C)c(C(=O)N3CCN(C(C)(C)c4cn([C@@H](C)c5ccc(Br)c(C)c5)nn4)CC3)c2C)cc1. The molecule has 5 rings (SSSR count). The van der Waals surface area contributed by atoms with Crippen molar-refractivity contribution in [2.75, 3.05) is 26.2 Å². The van der Waals surface area contributed by atoms with E-state index in [9.17, 15) is 4.79 Å². The molecule has 1 aliphatic heterocycles. The third-order valence-corrected chi connectivity index (χ3v) is 9.49. The average Bonchev–Trinajstić information content (AvgIpc) is 3.56. The zero-order valence-electron chi connectivity index (χ0n) is 25.1. The minimum Gasteiger partial charge on any atom is -0.336 e. The van der Waals surface area contributed by atoms with Gasteiger partial charge in [0.2, 0.25) is 0 Å². The number of piperazine rings is 1. The lowest BCUT2D eigenvalue weighted by atomic mass is 9.97. The zero-order valence-corrected chi connectivity index (χ0v) is 26.7. The summed E-state index contributed by atoms with van der Waals surface area (Å²) in [5.74, 6) is 0.0668. The lowest BCUT2D eigenvalue weighted by molar-refractivity contribution is 0.0377. The van der Waals surface area contributed by atoms with E-state index < -0.39 is 0 Å². The number of aryl methyl sites for hydroxylation is 3. The molecule has 4 aromatic rings. The largest absolute Gasteiger partial charge is 0.336 e. The lowest BCUT2D eigenvalue weighted by Crippen LogP contribution is -2.54. The quantitative estimate of drug-likeness (QED) is 0.261. The van der Waals surface area contributed by atoms with Gasteiger partial charge in [0.1, 0.15) is 5.69 Å². The molecule has 0 N–H and O–H groups in total. The Kier molecular flexibility index (Phi) is 8.21. The molecule has 0 radical (unpaired) electrons. The van der Waals surface area contributed by atoms with Gasteiger partial charge in [-0.3, -0.25) is 14.4 Å². The van der Waals surface area contributed by atoms with Crippen LogP contribution < -0.4 is 0 Å². The first-order chi connectivity index (χ1) is 19.5. The number of hydrogen-bond donors (Lipinski definition) is 0. The van der Waals surface area contributed by atoms with Crippen LogP contribution in [0.5, 0.6) is 0 Å². The van der Waals surface area contributed by atoms with Gasteiger partial charge in [0.05, 0.1) is 35.6 Å². The summed E-state index contributed by atoms with van der Waals surface area (Å²) < 4.78 is 5.00. The fourth-order valence-corrected chi connectivity index (χ4v) is 5.89. The molecule has 9 heteroatoms. The number of rotatable bonds is 7. The molecule has 0 aliphatic carbocycles. The molecule has 8 nitrogen and oxygen atoms in total. The Morgan fingerprint density at radius 2 is 1.68 bits per heavy atom. The van der Waals surface area contributed by atoms with E-state index in [0.29, 0.717) is 19.6 Å². The third-order valence-electron chi connectivity index (χ3n) is 8.60. The van der Waals surface area contributed by atoms with Crippen molar-refractivity contribution in [2.24, 2.45) is 0 Å². The van der Waals surface area contributed by atoms with Crippen molar-refractivity contribution in [3.8, 4) is 0 Å². The van der Waals surface area contributed by atoms with Crippen molar-refractivity contribution < 1.29 is 4.79 Å². The summed E-state index contributed by atoms with van der Waals surface area (Å²) in [6, 6.07) is 14.9. The van der Waals surface area contributed by atoms with Crippen molar-refractivity contribution in [2.45, 2.75) is 66.6 Å². The van der Waals surface area contributed by atoms with E-state index in [4.69, 9.17) is 5.10 Å². The Morgan fingerprint density at radius 3 is 2.34 bits per heavy atom. The van der Waals surface area contributed by atoms with E-state index in [2.05, 4.69) is 114 Å². The maximum atomic E-state index is 13.7. The second-order valence-corrected chi connectivity index (χ2v) is 12.7. The van der Waals surface area contributed by atoms with Crippen molar-refractivity contribution >= 4 is 21.8 Å². The first-order valence-electron chi connectivity index (χ1n) is 14.3. The van der Waals surface area contributed by atoms with Gasteiger partial charge in [0.15, 0.2) is 0 Å². The number of aromatic nitrogens is 5. The van der Waals surface area contributed by atoms with Crippen molar-refractivity contribution in [1.29, 1.82) is 0 Å². The van der Waals surface area contributed by atoms with E-state index in [-0.39, 0.29) is 17.5 Å². The molecule has 1 amide bonds. The van der Waals surface area contributed by atoms with Gasteiger partial charge < -0.3 is 4.90 Å². The third kappa shape index (κ3) is 5.88. The normalized spacial score (nSPS) is 15.4. The molecule has 2 aromatic heterocycles. The molecule has 1 aliphatic rings. The predicted octanol–water partition coefficient (Wildman–Crippen LogP) is 5.82. The van der Waals surface area contributed by atoms with Crippen molar-refractivity contribution in [3.63, 3.8) is 0 Å². The molecule has 0 saturated carbocycles. The van der Waals surface area contributed by atoms with E-state index in [1.54, 1.807) is 0 Å². The van der Waals surface area contributed by atoms with Crippen LogP contribution in [-0.2, 0) is 12.1 Å².